The lowest BCUT2D eigenvalue weighted by Crippen LogP contribution is -2.34. The number of thioether (sulfide) groups is 1. The van der Waals surface area contributed by atoms with Gasteiger partial charge in [0.05, 0.1) is 6.04 Å². The maximum Gasteiger partial charge on any atom is 0.204 e. The molecule has 1 aromatic rings. The van der Waals surface area contributed by atoms with Crippen molar-refractivity contribution < 1.29 is 9.59 Å². The van der Waals surface area contributed by atoms with Crippen molar-refractivity contribution in [1.29, 1.82) is 0 Å². The molecule has 1 rings (SSSR count). The number of carbonyl (C=O) groups is 2. The molecular weight excluding hydrogens is 348 g/mol. The molecule has 6 nitrogen and oxygen atoms in total. The highest BCUT2D eigenvalue weighted by atomic mass is 32.2. The number of hydrogen-bond acceptors (Lipinski definition) is 5. The molecule has 152 valence electrons. The number of H-pyrrole nitrogens is 1. The van der Waals surface area contributed by atoms with Gasteiger partial charge in [-0.1, -0.05) is 13.8 Å². The van der Waals surface area contributed by atoms with Crippen molar-refractivity contribution in [3.05, 3.63) is 16.8 Å². The molecule has 0 spiro atoms. The Morgan fingerprint density at radius 1 is 1.27 bits per heavy atom. The fourth-order valence-electron chi connectivity index (χ4n) is 2.48. The number of anilines is 1. The summed E-state index contributed by atoms with van der Waals surface area (Å²) in [5.74, 6) is 2.35. The van der Waals surface area contributed by atoms with Gasteiger partial charge in [-0.15, -0.1) is 0 Å². The number of rotatable bonds is 9. The number of likely N-dealkylation sites (N-methyl/N-ethyl adjacent to an activating group) is 1. The van der Waals surface area contributed by atoms with Crippen molar-refractivity contribution in [2.75, 3.05) is 37.5 Å². The highest BCUT2D eigenvalue weighted by molar-refractivity contribution is 7.98. The quantitative estimate of drug-likeness (QED) is 0.568. The molecule has 1 unspecified atom stereocenters. The average molecular weight is 387 g/mol. The van der Waals surface area contributed by atoms with Crippen LogP contribution in [0.1, 0.15) is 44.0 Å². The lowest BCUT2D eigenvalue weighted by atomic mass is 10.1. The monoisotopic (exact) mass is 386 g/mol. The van der Waals surface area contributed by atoms with Crippen LogP contribution in [0.5, 0.6) is 0 Å². The molecule has 1 aromatic heterocycles. The van der Waals surface area contributed by atoms with Crippen molar-refractivity contribution in [2.45, 2.75) is 53.5 Å². The minimum atomic E-state index is 0.0879. The first kappa shape index (κ1) is 26.8. The van der Waals surface area contributed by atoms with E-state index >= 15 is 0 Å². The van der Waals surface area contributed by atoms with E-state index < -0.39 is 0 Å². The van der Waals surface area contributed by atoms with E-state index in [1.54, 1.807) is 0 Å². The first-order valence-corrected chi connectivity index (χ1v) is 10.5. The van der Waals surface area contributed by atoms with Gasteiger partial charge in [-0.3, -0.25) is 9.69 Å². The Morgan fingerprint density at radius 3 is 2.19 bits per heavy atom. The second kappa shape index (κ2) is 17.0. The van der Waals surface area contributed by atoms with Gasteiger partial charge < -0.3 is 20.8 Å². The van der Waals surface area contributed by atoms with Crippen LogP contribution in [0.25, 0.3) is 0 Å². The van der Waals surface area contributed by atoms with Crippen LogP contribution in [0.4, 0.5) is 5.82 Å². The number of carbonyl (C=O) groups excluding carboxylic acids is 2. The Labute approximate surface area is 163 Å². The van der Waals surface area contributed by atoms with Gasteiger partial charge >= 0.3 is 0 Å². The predicted molar refractivity (Wildman–Crippen MR) is 115 cm³/mol. The van der Waals surface area contributed by atoms with Gasteiger partial charge in [0, 0.05) is 12.7 Å². The summed E-state index contributed by atoms with van der Waals surface area (Å²) in [5, 5.41) is 3.17. The zero-order valence-electron chi connectivity index (χ0n) is 17.5. The van der Waals surface area contributed by atoms with E-state index in [0.29, 0.717) is 0 Å². The average Bonchev–Trinajstić information content (AvgIpc) is 2.92. The van der Waals surface area contributed by atoms with Crippen molar-refractivity contribution in [1.82, 2.24) is 9.88 Å². The third-order valence-electron chi connectivity index (χ3n) is 4.16. The Bertz CT molecular complexity index is 492. The Kier molecular flexibility index (Phi) is 17.5. The van der Waals surface area contributed by atoms with E-state index in [9.17, 15) is 4.79 Å². The molecule has 0 aliphatic heterocycles. The fraction of sp³-hybridized carbons (Fsp3) is 0.684. The molecule has 1 atom stereocenters. The molecule has 0 bridgehead atoms. The van der Waals surface area contributed by atoms with Crippen molar-refractivity contribution in [3.8, 4) is 0 Å². The maximum atomic E-state index is 10.3. The van der Waals surface area contributed by atoms with Crippen molar-refractivity contribution >= 4 is 30.3 Å². The molecule has 1 amide bonds. The largest absolute Gasteiger partial charge is 0.374 e. The second-order valence-corrected chi connectivity index (χ2v) is 6.85. The first-order valence-electron chi connectivity index (χ1n) is 9.07. The van der Waals surface area contributed by atoms with E-state index in [4.69, 9.17) is 4.79 Å². The Balaban J connectivity index is 0. The van der Waals surface area contributed by atoms with Gasteiger partial charge in [-0.05, 0) is 69.8 Å². The van der Waals surface area contributed by atoms with E-state index in [-0.39, 0.29) is 12.5 Å². The van der Waals surface area contributed by atoms with Crippen LogP contribution in [-0.2, 0) is 16.0 Å². The van der Waals surface area contributed by atoms with E-state index in [0.717, 1.165) is 38.0 Å². The summed E-state index contributed by atoms with van der Waals surface area (Å²) in [7, 11) is 1.95. The zero-order chi connectivity index (χ0) is 20.5. The highest BCUT2D eigenvalue weighted by Crippen LogP contribution is 2.21. The van der Waals surface area contributed by atoms with Gasteiger partial charge in [0.2, 0.25) is 6.41 Å². The van der Waals surface area contributed by atoms with Crippen LogP contribution < -0.4 is 11.1 Å². The number of hydrogen-bond donors (Lipinski definition) is 3. The summed E-state index contributed by atoms with van der Waals surface area (Å²) in [5.41, 5.74) is 8.29. The first-order chi connectivity index (χ1) is 12.4. The van der Waals surface area contributed by atoms with Gasteiger partial charge in [-0.2, -0.15) is 11.8 Å². The third-order valence-corrected chi connectivity index (χ3v) is 4.77. The topological polar surface area (TPSA) is 91.2 Å². The molecule has 0 aliphatic rings. The minimum absolute atomic E-state index is 0.0879. The molecule has 1 heterocycles. The molecule has 4 N–H and O–H groups in total. The van der Waals surface area contributed by atoms with Crippen LogP contribution in [0.2, 0.25) is 0 Å². The Morgan fingerprint density at radius 2 is 1.85 bits per heavy atom. The van der Waals surface area contributed by atoms with E-state index in [2.05, 4.69) is 54.9 Å². The molecule has 0 aromatic carbocycles. The number of amides is 1. The summed E-state index contributed by atoms with van der Waals surface area (Å²) in [6.45, 7) is 12.5. The van der Waals surface area contributed by atoms with Crippen LogP contribution >= 0.6 is 11.8 Å². The van der Waals surface area contributed by atoms with Crippen molar-refractivity contribution in [3.63, 3.8) is 0 Å². The number of nitrogens with zero attached hydrogens (tertiary/aromatic N) is 1. The predicted octanol–water partition coefficient (Wildman–Crippen LogP) is 2.99. The van der Waals surface area contributed by atoms with Crippen LogP contribution in [-0.4, -0.2) is 60.8 Å². The lowest BCUT2D eigenvalue weighted by molar-refractivity contribution is -0.112. The van der Waals surface area contributed by atoms with E-state index in [1.807, 2.05) is 25.7 Å². The number of nitrogens with two attached hydrogens (primary N) is 1. The van der Waals surface area contributed by atoms with Gasteiger partial charge in [0.25, 0.3) is 0 Å². The number of nitrogens with one attached hydrogen (secondary N) is 2. The van der Waals surface area contributed by atoms with Crippen LogP contribution in [0.3, 0.4) is 0 Å². The Hall–Kier alpha value is -1.47. The summed E-state index contributed by atoms with van der Waals surface area (Å²) < 4.78 is 0. The number of aromatic nitrogens is 1. The maximum absolute atomic E-state index is 10.3. The number of aldehydes is 1. The zero-order valence-corrected chi connectivity index (χ0v) is 18.3. The highest BCUT2D eigenvalue weighted by Gasteiger charge is 2.08. The minimum Gasteiger partial charge on any atom is -0.374 e. The molecule has 0 aliphatic carbocycles. The molecule has 0 radical (unpaired) electrons. The number of aromatic amines is 1. The normalized spacial score (nSPS) is 10.9. The molecule has 26 heavy (non-hydrogen) atoms. The molecule has 0 saturated carbocycles. The van der Waals surface area contributed by atoms with Crippen LogP contribution in [0, 0.1) is 13.8 Å². The molecule has 7 heteroatoms. The van der Waals surface area contributed by atoms with Crippen molar-refractivity contribution in [2.24, 2.45) is 5.73 Å². The summed E-state index contributed by atoms with van der Waals surface area (Å²) in [6.07, 6.45) is 5.64. The van der Waals surface area contributed by atoms with Crippen LogP contribution in [0.15, 0.2) is 0 Å². The number of aryl methyl sites for hydroxylation is 1. The molecular formula is C19H38N4O2S. The third kappa shape index (κ3) is 10.5. The summed E-state index contributed by atoms with van der Waals surface area (Å²) in [4.78, 5) is 24.5. The summed E-state index contributed by atoms with van der Waals surface area (Å²) >= 11 is 1.89. The number of primary amides is 1. The smallest absolute Gasteiger partial charge is 0.204 e. The van der Waals surface area contributed by atoms with Gasteiger partial charge in [-0.25, -0.2) is 0 Å². The molecule has 0 saturated heterocycles. The SMILES string of the molecule is CCCN(CC)C(C)C=O.CNc1[nH]c(CCSC)c(C)c1C.NC=O. The fourth-order valence-corrected chi connectivity index (χ4v) is 2.89. The standard InChI is InChI=1S/C10H18N2S.C8H17NO.CH3NO/c1-7-8(2)10(11-3)12-9(7)5-6-13-4;1-4-6-9(5-2)8(3)7-10;2-1-3/h11-12H,5-6H2,1-4H3;7-8H,4-6H2,1-3H3;1H,(H2,2,3). The van der Waals surface area contributed by atoms with E-state index in [1.165, 1.54) is 22.6 Å². The van der Waals surface area contributed by atoms with Gasteiger partial charge in [0.15, 0.2) is 0 Å². The summed E-state index contributed by atoms with van der Waals surface area (Å²) in [6, 6.07) is 0.0879. The second-order valence-electron chi connectivity index (χ2n) is 5.86. The lowest BCUT2D eigenvalue weighted by Gasteiger charge is -2.22. The van der Waals surface area contributed by atoms with Gasteiger partial charge in [0.1, 0.15) is 12.1 Å². The molecule has 0 fully saturated rings.